The summed E-state index contributed by atoms with van der Waals surface area (Å²) >= 11 is 0. The Morgan fingerprint density at radius 2 is 2.00 bits per heavy atom. The van der Waals surface area contributed by atoms with Crippen LogP contribution in [0.3, 0.4) is 0 Å². The Labute approximate surface area is 74.9 Å². The van der Waals surface area contributed by atoms with Crippen molar-refractivity contribution in [1.29, 1.82) is 0 Å². The van der Waals surface area contributed by atoms with Crippen LogP contribution < -0.4 is 0 Å². The van der Waals surface area contributed by atoms with Crippen molar-refractivity contribution in [3.63, 3.8) is 0 Å². The van der Waals surface area contributed by atoms with Crippen LogP contribution in [0.5, 0.6) is 0 Å². The predicted molar refractivity (Wildman–Crippen MR) is 49.2 cm³/mol. The molecule has 1 aliphatic carbocycles. The van der Waals surface area contributed by atoms with E-state index in [1.54, 1.807) is 0 Å². The number of likely N-dealkylation sites (tertiary alicyclic amines) is 1. The Morgan fingerprint density at radius 3 is 2.50 bits per heavy atom. The van der Waals surface area contributed by atoms with E-state index in [0.29, 0.717) is 6.10 Å². The van der Waals surface area contributed by atoms with E-state index < -0.39 is 0 Å². The fourth-order valence-corrected chi connectivity index (χ4v) is 2.51. The van der Waals surface area contributed by atoms with Gasteiger partial charge in [-0.2, -0.15) is 0 Å². The maximum absolute atomic E-state index is 5.36. The zero-order valence-corrected chi connectivity index (χ0v) is 8.12. The summed E-state index contributed by atoms with van der Waals surface area (Å²) < 4.78 is 5.36. The van der Waals surface area contributed by atoms with E-state index in [1.165, 1.54) is 32.4 Å². The van der Waals surface area contributed by atoms with Crippen molar-refractivity contribution in [2.24, 2.45) is 5.92 Å². The molecule has 0 N–H and O–H groups in total. The maximum Gasteiger partial charge on any atom is 0.0586 e. The molecule has 1 saturated carbocycles. The van der Waals surface area contributed by atoms with E-state index in [4.69, 9.17) is 4.74 Å². The van der Waals surface area contributed by atoms with Crippen LogP contribution in [0.4, 0.5) is 0 Å². The van der Waals surface area contributed by atoms with Gasteiger partial charge in [0.1, 0.15) is 0 Å². The first-order valence-electron chi connectivity index (χ1n) is 5.06. The lowest BCUT2D eigenvalue weighted by atomic mass is 9.99. The van der Waals surface area contributed by atoms with E-state index in [0.717, 1.165) is 12.0 Å². The van der Waals surface area contributed by atoms with Gasteiger partial charge in [-0.25, -0.2) is 0 Å². The third-order valence-corrected chi connectivity index (χ3v) is 3.30. The molecule has 0 spiro atoms. The van der Waals surface area contributed by atoms with Crippen molar-refractivity contribution >= 4 is 0 Å². The third kappa shape index (κ3) is 1.50. The highest BCUT2D eigenvalue weighted by Gasteiger charge is 2.34. The topological polar surface area (TPSA) is 12.5 Å². The van der Waals surface area contributed by atoms with Gasteiger partial charge in [0, 0.05) is 26.2 Å². The molecule has 0 aromatic carbocycles. The fourth-order valence-electron chi connectivity index (χ4n) is 2.51. The Kier molecular flexibility index (Phi) is 2.37. The molecule has 12 heavy (non-hydrogen) atoms. The lowest BCUT2D eigenvalue weighted by Crippen LogP contribution is -2.50. The second-order valence-corrected chi connectivity index (χ2v) is 4.38. The Morgan fingerprint density at radius 1 is 1.25 bits per heavy atom. The zero-order chi connectivity index (χ0) is 8.55. The second-order valence-electron chi connectivity index (χ2n) is 4.38. The van der Waals surface area contributed by atoms with Gasteiger partial charge in [0.25, 0.3) is 0 Å². The van der Waals surface area contributed by atoms with Gasteiger partial charge < -0.3 is 4.74 Å². The molecule has 1 aliphatic heterocycles. The van der Waals surface area contributed by atoms with Gasteiger partial charge in [-0.1, -0.05) is 6.92 Å². The highest BCUT2D eigenvalue weighted by atomic mass is 16.5. The number of hydrogen-bond acceptors (Lipinski definition) is 2. The number of nitrogens with zero attached hydrogens (tertiary/aromatic N) is 1. The minimum absolute atomic E-state index is 0.547. The number of hydrogen-bond donors (Lipinski definition) is 0. The zero-order valence-electron chi connectivity index (χ0n) is 8.12. The molecule has 1 heterocycles. The first-order valence-corrected chi connectivity index (χ1v) is 5.06. The van der Waals surface area contributed by atoms with Crippen LogP contribution in [0.25, 0.3) is 0 Å². The molecule has 0 amide bonds. The van der Waals surface area contributed by atoms with Crippen molar-refractivity contribution in [2.75, 3.05) is 20.2 Å². The lowest BCUT2D eigenvalue weighted by molar-refractivity contribution is 0.0490. The van der Waals surface area contributed by atoms with Gasteiger partial charge in [0.2, 0.25) is 0 Å². The Hall–Kier alpha value is -0.0800. The van der Waals surface area contributed by atoms with E-state index in [1.807, 2.05) is 7.11 Å². The van der Waals surface area contributed by atoms with Crippen LogP contribution >= 0.6 is 0 Å². The van der Waals surface area contributed by atoms with Crippen LogP contribution in [-0.2, 0) is 4.74 Å². The molecule has 2 nitrogen and oxygen atoms in total. The molecule has 70 valence electrons. The van der Waals surface area contributed by atoms with Gasteiger partial charge in [-0.3, -0.25) is 4.90 Å². The van der Waals surface area contributed by atoms with Gasteiger partial charge in [0.05, 0.1) is 6.10 Å². The molecule has 2 unspecified atom stereocenters. The molecule has 0 aromatic heterocycles. The van der Waals surface area contributed by atoms with Gasteiger partial charge >= 0.3 is 0 Å². The second kappa shape index (κ2) is 3.35. The van der Waals surface area contributed by atoms with Gasteiger partial charge in [0.15, 0.2) is 0 Å². The van der Waals surface area contributed by atoms with Crippen LogP contribution in [0, 0.1) is 5.92 Å². The van der Waals surface area contributed by atoms with Crippen molar-refractivity contribution in [1.82, 2.24) is 4.90 Å². The van der Waals surface area contributed by atoms with E-state index in [-0.39, 0.29) is 0 Å². The molecule has 2 rings (SSSR count). The average Bonchev–Trinajstić information content (AvgIpc) is 2.46. The van der Waals surface area contributed by atoms with E-state index in [2.05, 4.69) is 11.8 Å². The molecule has 0 bridgehead atoms. The molecule has 0 aromatic rings. The van der Waals surface area contributed by atoms with Gasteiger partial charge in [-0.05, 0) is 25.2 Å². The first-order chi connectivity index (χ1) is 5.79. The van der Waals surface area contributed by atoms with E-state index in [9.17, 15) is 0 Å². The predicted octanol–water partition coefficient (Wildman–Crippen LogP) is 1.51. The van der Waals surface area contributed by atoms with Crippen molar-refractivity contribution in [3.8, 4) is 0 Å². The van der Waals surface area contributed by atoms with E-state index >= 15 is 0 Å². The summed E-state index contributed by atoms with van der Waals surface area (Å²) in [6, 6.07) is 0.839. The average molecular weight is 169 g/mol. The summed E-state index contributed by atoms with van der Waals surface area (Å²) in [6.07, 6.45) is 4.44. The summed E-state index contributed by atoms with van der Waals surface area (Å²) in [7, 11) is 1.84. The third-order valence-electron chi connectivity index (χ3n) is 3.30. The number of rotatable bonds is 2. The SMILES string of the molecule is COC1CCC(N2CC(C)C2)C1. The van der Waals surface area contributed by atoms with Crippen LogP contribution in [-0.4, -0.2) is 37.2 Å². The largest absolute Gasteiger partial charge is 0.381 e. The number of methoxy groups -OCH3 is 1. The summed E-state index contributed by atoms with van der Waals surface area (Å²) in [5.41, 5.74) is 0. The summed E-state index contributed by atoms with van der Waals surface area (Å²) in [5.74, 6) is 0.937. The summed E-state index contributed by atoms with van der Waals surface area (Å²) in [4.78, 5) is 2.61. The van der Waals surface area contributed by atoms with Crippen molar-refractivity contribution in [2.45, 2.75) is 38.3 Å². The van der Waals surface area contributed by atoms with Crippen LogP contribution in [0.2, 0.25) is 0 Å². The highest BCUT2D eigenvalue weighted by Crippen LogP contribution is 2.30. The van der Waals surface area contributed by atoms with Crippen molar-refractivity contribution < 1.29 is 4.74 Å². The molecular weight excluding hydrogens is 150 g/mol. The molecular formula is C10H19NO. The molecule has 2 atom stereocenters. The minimum atomic E-state index is 0.547. The first kappa shape index (κ1) is 8.52. The smallest absolute Gasteiger partial charge is 0.0586 e. The fraction of sp³-hybridized carbons (Fsp3) is 1.00. The standard InChI is InChI=1S/C10H19NO/c1-8-6-11(7-8)9-3-4-10(5-9)12-2/h8-10H,3-7H2,1-2H3. The van der Waals surface area contributed by atoms with Gasteiger partial charge in [-0.15, -0.1) is 0 Å². The number of ether oxygens (including phenoxy) is 1. The molecule has 2 aliphatic rings. The maximum atomic E-state index is 5.36. The molecule has 2 fully saturated rings. The van der Waals surface area contributed by atoms with Crippen molar-refractivity contribution in [3.05, 3.63) is 0 Å². The summed E-state index contributed by atoms with van der Waals surface area (Å²) in [5, 5.41) is 0. The quantitative estimate of drug-likeness (QED) is 0.621. The van der Waals surface area contributed by atoms with Crippen LogP contribution in [0.15, 0.2) is 0 Å². The monoisotopic (exact) mass is 169 g/mol. The summed E-state index contributed by atoms with van der Waals surface area (Å²) in [6.45, 7) is 4.97. The Bertz CT molecular complexity index is 154. The molecule has 2 heteroatoms. The lowest BCUT2D eigenvalue weighted by Gasteiger charge is -2.41. The van der Waals surface area contributed by atoms with Crippen LogP contribution in [0.1, 0.15) is 26.2 Å². The molecule has 0 radical (unpaired) electrons. The Balaban J connectivity index is 1.76. The normalized spacial score (nSPS) is 38.5. The minimum Gasteiger partial charge on any atom is -0.381 e. The highest BCUT2D eigenvalue weighted by molar-refractivity contribution is 4.89. The molecule has 1 saturated heterocycles.